The highest BCUT2D eigenvalue weighted by Gasteiger charge is 2.36. The van der Waals surface area contributed by atoms with Crippen LogP contribution in [-0.2, 0) is 14.8 Å². The number of rotatable bonds is 8. The second kappa shape index (κ2) is 10.3. The molecule has 0 aromatic heterocycles. The lowest BCUT2D eigenvalue weighted by atomic mass is 10.0. The van der Waals surface area contributed by atoms with E-state index in [1.165, 1.54) is 0 Å². The maximum Gasteiger partial charge on any atom is 0.251 e. The number of aliphatic hydroxyl groups excluding tert-OH is 1. The van der Waals surface area contributed by atoms with Gasteiger partial charge in [-0.2, -0.15) is 0 Å². The first kappa shape index (κ1) is 23.1. The second-order valence-electron chi connectivity index (χ2n) is 7.94. The average molecular weight is 467 g/mol. The number of sulfonamides is 1. The van der Waals surface area contributed by atoms with Crippen LogP contribution in [0.25, 0.3) is 11.1 Å². The lowest BCUT2D eigenvalue weighted by Gasteiger charge is -2.18. The summed E-state index contributed by atoms with van der Waals surface area (Å²) in [6.45, 7) is 0.403. The van der Waals surface area contributed by atoms with Gasteiger partial charge in [0, 0.05) is 24.6 Å². The first-order valence-corrected chi connectivity index (χ1v) is 12.2. The fraction of sp³-hybridized carbons (Fsp3) is 0.240. The molecule has 1 amide bonds. The number of nitrogens with one attached hydrogen (secondary N) is 2. The number of carbonyl (C=O) groups is 1. The Bertz CT molecular complexity index is 1170. The largest absolute Gasteiger partial charge is 0.390 e. The number of carbonyl (C=O) groups excluding carboxylic acids is 1. The van der Waals surface area contributed by atoms with Crippen molar-refractivity contribution in [2.75, 3.05) is 19.7 Å². The minimum absolute atomic E-state index is 0.0624. The monoisotopic (exact) mass is 466 g/mol. The van der Waals surface area contributed by atoms with E-state index >= 15 is 0 Å². The summed E-state index contributed by atoms with van der Waals surface area (Å²) in [7, 11) is -3.76. The van der Waals surface area contributed by atoms with Crippen LogP contribution in [0.5, 0.6) is 0 Å². The summed E-state index contributed by atoms with van der Waals surface area (Å²) in [5.74, 6) is -0.553. The van der Waals surface area contributed by atoms with E-state index in [2.05, 4.69) is 10.0 Å². The Kier molecular flexibility index (Phi) is 7.20. The molecule has 0 spiro atoms. The molecule has 3 atom stereocenters. The summed E-state index contributed by atoms with van der Waals surface area (Å²) in [5, 5.41) is 13.3. The van der Waals surface area contributed by atoms with Gasteiger partial charge in [-0.25, -0.2) is 13.1 Å². The Morgan fingerprint density at radius 1 is 0.879 bits per heavy atom. The van der Waals surface area contributed by atoms with Crippen LogP contribution >= 0.6 is 0 Å². The molecule has 0 saturated carbocycles. The maximum absolute atomic E-state index is 12.7. The van der Waals surface area contributed by atoms with Crippen molar-refractivity contribution < 1.29 is 23.1 Å². The Hall–Kier alpha value is -3.04. The number of aliphatic hydroxyl groups is 1. The van der Waals surface area contributed by atoms with Gasteiger partial charge in [0.2, 0.25) is 10.0 Å². The molecule has 1 fully saturated rings. The summed E-state index contributed by atoms with van der Waals surface area (Å²) in [5.41, 5.74) is 2.46. The average Bonchev–Trinajstić information content (AvgIpc) is 3.21. The highest BCUT2D eigenvalue weighted by atomic mass is 32.2. The van der Waals surface area contributed by atoms with Gasteiger partial charge in [-0.3, -0.25) is 4.79 Å². The summed E-state index contributed by atoms with van der Waals surface area (Å²) in [6, 6.07) is 25.1. The number of hydrogen-bond donors (Lipinski definition) is 3. The van der Waals surface area contributed by atoms with Crippen molar-refractivity contribution in [3.8, 4) is 11.1 Å². The molecule has 1 aliphatic heterocycles. The molecule has 33 heavy (non-hydrogen) atoms. The third-order valence-corrected chi connectivity index (χ3v) is 7.13. The van der Waals surface area contributed by atoms with Gasteiger partial charge in [-0.1, -0.05) is 60.7 Å². The van der Waals surface area contributed by atoms with Gasteiger partial charge >= 0.3 is 0 Å². The third-order valence-electron chi connectivity index (χ3n) is 5.70. The molecule has 8 heteroatoms. The smallest absolute Gasteiger partial charge is 0.251 e. The fourth-order valence-corrected chi connectivity index (χ4v) is 4.80. The van der Waals surface area contributed by atoms with Gasteiger partial charge in [0.15, 0.2) is 0 Å². The van der Waals surface area contributed by atoms with Crippen LogP contribution in [-0.4, -0.2) is 51.3 Å². The Labute approximate surface area is 193 Å². The van der Waals surface area contributed by atoms with Gasteiger partial charge in [0.05, 0.1) is 23.7 Å². The Morgan fingerprint density at radius 3 is 2.15 bits per heavy atom. The molecule has 0 unspecified atom stereocenters. The summed E-state index contributed by atoms with van der Waals surface area (Å²) < 4.78 is 33.5. The molecule has 1 aliphatic rings. The fourth-order valence-electron chi connectivity index (χ4n) is 3.75. The predicted octanol–water partition coefficient (Wildman–Crippen LogP) is 2.44. The van der Waals surface area contributed by atoms with Crippen LogP contribution in [0.3, 0.4) is 0 Å². The molecule has 3 N–H and O–H groups in total. The zero-order chi connectivity index (χ0) is 23.3. The molecule has 1 saturated heterocycles. The van der Waals surface area contributed by atoms with E-state index in [1.54, 1.807) is 48.5 Å². The maximum atomic E-state index is 12.7. The Balaban J connectivity index is 1.30. The van der Waals surface area contributed by atoms with E-state index in [4.69, 9.17) is 4.74 Å². The molecule has 0 aliphatic carbocycles. The van der Waals surface area contributed by atoms with Crippen LogP contribution in [0.4, 0.5) is 0 Å². The van der Waals surface area contributed by atoms with E-state index in [9.17, 15) is 18.3 Å². The molecule has 172 valence electrons. The van der Waals surface area contributed by atoms with Gasteiger partial charge in [-0.05, 0) is 35.4 Å². The standard InChI is InChI=1S/C25H26N2O5S/c28-24-21(15-26-25(29)20-9-5-2-6-10-20)17-32-23(24)16-27-33(30,31)22-13-11-19(12-14-22)18-7-3-1-4-8-18/h1-14,21,23-24,27-28H,15-17H2,(H,26,29)/t21-,23-,24+/m1/s1. The van der Waals surface area contributed by atoms with Crippen molar-refractivity contribution in [2.45, 2.75) is 17.1 Å². The van der Waals surface area contributed by atoms with E-state index in [0.717, 1.165) is 11.1 Å². The van der Waals surface area contributed by atoms with Crippen LogP contribution in [0.1, 0.15) is 10.4 Å². The molecule has 1 heterocycles. The summed E-state index contributed by atoms with van der Waals surface area (Å²) >= 11 is 0. The number of amides is 1. The Morgan fingerprint density at radius 2 is 1.48 bits per heavy atom. The van der Waals surface area contributed by atoms with Gasteiger partial charge in [0.1, 0.15) is 0 Å². The lowest BCUT2D eigenvalue weighted by molar-refractivity contribution is 0.0427. The first-order chi connectivity index (χ1) is 15.9. The van der Waals surface area contributed by atoms with E-state index in [-0.39, 0.29) is 36.4 Å². The molecular formula is C25H26N2O5S. The van der Waals surface area contributed by atoms with Crippen molar-refractivity contribution in [1.82, 2.24) is 10.0 Å². The van der Waals surface area contributed by atoms with Crippen molar-refractivity contribution >= 4 is 15.9 Å². The molecule has 7 nitrogen and oxygen atoms in total. The number of benzene rings is 3. The summed E-state index contributed by atoms with van der Waals surface area (Å²) in [6.07, 6.45) is -1.59. The quantitative estimate of drug-likeness (QED) is 0.473. The topological polar surface area (TPSA) is 105 Å². The van der Waals surface area contributed by atoms with Crippen LogP contribution in [0.2, 0.25) is 0 Å². The van der Waals surface area contributed by atoms with Crippen LogP contribution in [0.15, 0.2) is 89.8 Å². The van der Waals surface area contributed by atoms with Gasteiger partial charge in [0.25, 0.3) is 5.91 Å². The predicted molar refractivity (Wildman–Crippen MR) is 125 cm³/mol. The zero-order valence-electron chi connectivity index (χ0n) is 17.9. The van der Waals surface area contributed by atoms with Gasteiger partial charge in [-0.15, -0.1) is 0 Å². The van der Waals surface area contributed by atoms with Crippen molar-refractivity contribution in [3.63, 3.8) is 0 Å². The van der Waals surface area contributed by atoms with Crippen molar-refractivity contribution in [3.05, 3.63) is 90.5 Å². The molecule has 0 radical (unpaired) electrons. The third kappa shape index (κ3) is 5.66. The SMILES string of the molecule is O=C(NC[C@@H]1CO[C@H](CNS(=O)(=O)c2ccc(-c3ccccc3)cc2)[C@H]1O)c1ccccc1. The van der Waals surface area contributed by atoms with E-state index < -0.39 is 22.2 Å². The van der Waals surface area contributed by atoms with Crippen LogP contribution < -0.4 is 10.0 Å². The minimum Gasteiger partial charge on any atom is -0.390 e. The molecule has 3 aromatic rings. The normalized spacial score (nSPS) is 20.5. The second-order valence-corrected chi connectivity index (χ2v) is 9.71. The first-order valence-electron chi connectivity index (χ1n) is 10.7. The van der Waals surface area contributed by atoms with Crippen molar-refractivity contribution in [1.29, 1.82) is 0 Å². The molecule has 4 rings (SSSR count). The van der Waals surface area contributed by atoms with Crippen molar-refractivity contribution in [2.24, 2.45) is 5.92 Å². The summed E-state index contributed by atoms with van der Waals surface area (Å²) in [4.78, 5) is 12.3. The van der Waals surface area contributed by atoms with Gasteiger partial charge < -0.3 is 15.2 Å². The van der Waals surface area contributed by atoms with E-state index in [1.807, 2.05) is 36.4 Å². The molecule has 0 bridgehead atoms. The highest BCUT2D eigenvalue weighted by Crippen LogP contribution is 2.22. The molecule has 3 aromatic carbocycles. The van der Waals surface area contributed by atoms with E-state index in [0.29, 0.717) is 5.56 Å². The lowest BCUT2D eigenvalue weighted by Crippen LogP contribution is -2.41. The highest BCUT2D eigenvalue weighted by molar-refractivity contribution is 7.89. The number of hydrogen-bond acceptors (Lipinski definition) is 5. The number of ether oxygens (including phenoxy) is 1. The minimum atomic E-state index is -3.76. The zero-order valence-corrected chi connectivity index (χ0v) is 18.7. The van der Waals surface area contributed by atoms with Crippen LogP contribution in [0, 0.1) is 5.92 Å². The molecular weight excluding hydrogens is 440 g/mol.